The summed E-state index contributed by atoms with van der Waals surface area (Å²) in [6, 6.07) is -0.926. The number of nitrogens with one attached hydrogen (secondary N) is 2. The maximum Gasteiger partial charge on any atom is 0.328 e. The predicted octanol–water partition coefficient (Wildman–Crippen LogP) is -1.33. The molecule has 1 fully saturated rings. The average Bonchev–Trinajstić information content (AvgIpc) is 1.99. The molecule has 0 atom stereocenters. The van der Waals surface area contributed by atoms with Crippen LogP contribution in [0.4, 0.5) is 4.79 Å². The zero-order valence-corrected chi connectivity index (χ0v) is 7.54. The summed E-state index contributed by atoms with van der Waals surface area (Å²) < 4.78 is 4.54. The fourth-order valence-corrected chi connectivity index (χ4v) is 0.959. The number of imide groups is 2. The Bertz CT molecular complexity index is 315. The average molecular weight is 200 g/mol. The van der Waals surface area contributed by atoms with Crippen LogP contribution in [0.15, 0.2) is 0 Å². The highest BCUT2D eigenvalue weighted by Gasteiger charge is 2.49. The number of carbonyl (C=O) groups excluding carboxylic acids is 4. The second-order valence-corrected chi connectivity index (χ2v) is 2.86. The SMILES string of the molecule is CC(=O)OC1(C)C(=O)NC(=O)NC1=O. The van der Waals surface area contributed by atoms with Gasteiger partial charge in [0.2, 0.25) is 0 Å². The monoisotopic (exact) mass is 200 g/mol. The normalized spacial score (nSPS) is 19.7. The summed E-state index contributed by atoms with van der Waals surface area (Å²) >= 11 is 0. The first-order valence-corrected chi connectivity index (χ1v) is 3.72. The Labute approximate surface area is 78.8 Å². The minimum Gasteiger partial charge on any atom is -0.439 e. The third-order valence-corrected chi connectivity index (χ3v) is 1.67. The molecule has 1 rings (SSSR count). The van der Waals surface area contributed by atoms with Gasteiger partial charge in [-0.05, 0) is 6.92 Å². The van der Waals surface area contributed by atoms with Crippen LogP contribution < -0.4 is 10.6 Å². The molecule has 7 heteroatoms. The molecule has 4 amide bonds. The first-order valence-electron chi connectivity index (χ1n) is 3.72. The van der Waals surface area contributed by atoms with Gasteiger partial charge in [0, 0.05) is 6.92 Å². The number of hydrogen-bond donors (Lipinski definition) is 2. The van der Waals surface area contributed by atoms with Crippen LogP contribution in [0.5, 0.6) is 0 Å². The molecule has 0 aromatic rings. The van der Waals surface area contributed by atoms with E-state index < -0.39 is 29.4 Å². The molecular formula is C7H8N2O5. The molecule has 0 radical (unpaired) electrons. The molecule has 1 saturated heterocycles. The lowest BCUT2D eigenvalue weighted by Gasteiger charge is -2.29. The second-order valence-electron chi connectivity index (χ2n) is 2.86. The molecule has 0 aromatic heterocycles. The maximum absolute atomic E-state index is 11.2. The zero-order chi connectivity index (χ0) is 10.9. The topological polar surface area (TPSA) is 102 Å². The first-order chi connectivity index (χ1) is 6.36. The number of amides is 4. The lowest BCUT2D eigenvalue weighted by Crippen LogP contribution is -2.66. The van der Waals surface area contributed by atoms with Crippen LogP contribution in [0.2, 0.25) is 0 Å². The predicted molar refractivity (Wildman–Crippen MR) is 41.9 cm³/mol. The number of carbonyl (C=O) groups is 4. The van der Waals surface area contributed by atoms with E-state index in [0.717, 1.165) is 13.8 Å². The van der Waals surface area contributed by atoms with Crippen LogP contribution in [-0.2, 0) is 19.1 Å². The van der Waals surface area contributed by atoms with Crippen molar-refractivity contribution >= 4 is 23.8 Å². The maximum atomic E-state index is 11.2. The van der Waals surface area contributed by atoms with Crippen molar-refractivity contribution in [1.82, 2.24) is 10.6 Å². The molecule has 14 heavy (non-hydrogen) atoms. The fraction of sp³-hybridized carbons (Fsp3) is 0.429. The van der Waals surface area contributed by atoms with Crippen molar-refractivity contribution in [3.05, 3.63) is 0 Å². The molecule has 0 spiro atoms. The van der Waals surface area contributed by atoms with E-state index in [0.29, 0.717) is 0 Å². The molecule has 1 aliphatic heterocycles. The van der Waals surface area contributed by atoms with Gasteiger partial charge in [0.25, 0.3) is 17.4 Å². The summed E-state index contributed by atoms with van der Waals surface area (Å²) in [5.74, 6) is -2.70. The molecule has 2 N–H and O–H groups in total. The number of urea groups is 1. The Morgan fingerprint density at radius 2 is 1.64 bits per heavy atom. The highest BCUT2D eigenvalue weighted by molar-refractivity contribution is 6.21. The van der Waals surface area contributed by atoms with Gasteiger partial charge in [-0.2, -0.15) is 0 Å². The lowest BCUT2D eigenvalue weighted by molar-refractivity contribution is -0.172. The largest absolute Gasteiger partial charge is 0.439 e. The second kappa shape index (κ2) is 3.09. The minimum absolute atomic E-state index is 0.785. The summed E-state index contributed by atoms with van der Waals surface area (Å²) in [5, 5.41) is 3.64. The van der Waals surface area contributed by atoms with Crippen LogP contribution in [0.3, 0.4) is 0 Å². The molecule has 1 aliphatic rings. The molecule has 1 heterocycles. The Kier molecular flexibility index (Phi) is 2.24. The van der Waals surface area contributed by atoms with E-state index in [2.05, 4.69) is 4.74 Å². The first kappa shape index (κ1) is 10.2. The number of barbiturate groups is 1. The summed E-state index contributed by atoms with van der Waals surface area (Å²) in [7, 11) is 0. The van der Waals surface area contributed by atoms with Crippen molar-refractivity contribution in [2.45, 2.75) is 19.4 Å². The summed E-state index contributed by atoms with van der Waals surface area (Å²) in [6.45, 7) is 2.16. The van der Waals surface area contributed by atoms with Crippen LogP contribution in [0.25, 0.3) is 0 Å². The highest BCUT2D eigenvalue weighted by Crippen LogP contribution is 2.14. The van der Waals surface area contributed by atoms with Gasteiger partial charge in [0.05, 0.1) is 0 Å². The standard InChI is InChI=1S/C7H8N2O5/c1-3(10)14-7(2)4(11)8-6(13)9-5(7)12/h1-2H3,(H2,8,9,11,12,13). The molecule has 0 bridgehead atoms. The fourth-order valence-electron chi connectivity index (χ4n) is 0.959. The Morgan fingerprint density at radius 1 is 1.21 bits per heavy atom. The van der Waals surface area contributed by atoms with Gasteiger partial charge in [-0.25, -0.2) is 4.79 Å². The van der Waals surface area contributed by atoms with Crippen molar-refractivity contribution in [2.75, 3.05) is 0 Å². The van der Waals surface area contributed by atoms with Crippen LogP contribution in [0, 0.1) is 0 Å². The number of ether oxygens (including phenoxy) is 1. The van der Waals surface area contributed by atoms with Gasteiger partial charge in [-0.1, -0.05) is 0 Å². The van der Waals surface area contributed by atoms with Gasteiger partial charge in [-0.3, -0.25) is 25.0 Å². The third kappa shape index (κ3) is 1.56. The summed E-state index contributed by atoms with van der Waals surface area (Å²) in [6.07, 6.45) is 0. The number of esters is 1. The van der Waals surface area contributed by atoms with E-state index in [9.17, 15) is 19.2 Å². The smallest absolute Gasteiger partial charge is 0.328 e. The molecular weight excluding hydrogens is 192 g/mol. The van der Waals surface area contributed by atoms with E-state index >= 15 is 0 Å². The van der Waals surface area contributed by atoms with E-state index in [-0.39, 0.29) is 0 Å². The van der Waals surface area contributed by atoms with Gasteiger partial charge < -0.3 is 4.74 Å². The van der Waals surface area contributed by atoms with E-state index in [4.69, 9.17) is 0 Å². The van der Waals surface area contributed by atoms with E-state index in [1.807, 2.05) is 10.6 Å². The van der Waals surface area contributed by atoms with Crippen molar-refractivity contribution in [2.24, 2.45) is 0 Å². The lowest BCUT2D eigenvalue weighted by atomic mass is 10.0. The van der Waals surface area contributed by atoms with Crippen LogP contribution in [-0.4, -0.2) is 29.4 Å². The zero-order valence-electron chi connectivity index (χ0n) is 7.54. The Balaban J connectivity index is 2.95. The van der Waals surface area contributed by atoms with Gasteiger partial charge in [0.15, 0.2) is 0 Å². The number of hydrogen-bond acceptors (Lipinski definition) is 5. The van der Waals surface area contributed by atoms with Crippen LogP contribution in [0.1, 0.15) is 13.8 Å². The van der Waals surface area contributed by atoms with Gasteiger partial charge >= 0.3 is 12.0 Å². The van der Waals surface area contributed by atoms with E-state index in [1.54, 1.807) is 0 Å². The molecule has 0 aromatic carbocycles. The van der Waals surface area contributed by atoms with Crippen molar-refractivity contribution in [3.63, 3.8) is 0 Å². The van der Waals surface area contributed by atoms with Gasteiger partial charge in [0.1, 0.15) is 0 Å². The van der Waals surface area contributed by atoms with Crippen LogP contribution >= 0.6 is 0 Å². The Morgan fingerprint density at radius 3 is 2.00 bits per heavy atom. The van der Waals surface area contributed by atoms with E-state index in [1.165, 1.54) is 0 Å². The number of rotatable bonds is 1. The minimum atomic E-state index is -1.97. The summed E-state index contributed by atoms with van der Waals surface area (Å²) in [4.78, 5) is 43.7. The molecule has 0 unspecified atom stereocenters. The highest BCUT2D eigenvalue weighted by atomic mass is 16.6. The molecule has 0 saturated carbocycles. The third-order valence-electron chi connectivity index (χ3n) is 1.67. The molecule has 76 valence electrons. The quantitative estimate of drug-likeness (QED) is 0.403. The van der Waals surface area contributed by atoms with Crippen molar-refractivity contribution < 1.29 is 23.9 Å². The summed E-state index contributed by atoms with van der Waals surface area (Å²) in [5.41, 5.74) is -1.97. The van der Waals surface area contributed by atoms with Gasteiger partial charge in [-0.15, -0.1) is 0 Å². The van der Waals surface area contributed by atoms with Crippen molar-refractivity contribution in [3.8, 4) is 0 Å². The van der Waals surface area contributed by atoms with Crippen molar-refractivity contribution in [1.29, 1.82) is 0 Å². The molecule has 7 nitrogen and oxygen atoms in total. The molecule has 0 aliphatic carbocycles. The Hall–Kier alpha value is -1.92.